The Bertz CT molecular complexity index is 2350. The molecule has 2 aliphatic heterocycles. The summed E-state index contributed by atoms with van der Waals surface area (Å²) >= 11 is 6.49. The zero-order valence-electron chi connectivity index (χ0n) is 33.1. The molecule has 306 valence electrons. The molecule has 2 aromatic heterocycles. The van der Waals surface area contributed by atoms with Crippen LogP contribution in [-0.2, 0) is 33.5 Å². The highest BCUT2D eigenvalue weighted by atomic mass is 35.5. The monoisotopic (exact) mass is 828 g/mol. The van der Waals surface area contributed by atoms with E-state index in [2.05, 4.69) is 36.2 Å². The van der Waals surface area contributed by atoms with Crippen LogP contribution in [-0.4, -0.2) is 82.7 Å². The number of benzene rings is 2. The Morgan fingerprint density at radius 1 is 1.07 bits per heavy atom. The maximum atomic E-state index is 15.1. The summed E-state index contributed by atoms with van der Waals surface area (Å²) in [6.07, 6.45) is 12.7. The van der Waals surface area contributed by atoms with E-state index < -0.39 is 33.8 Å². The van der Waals surface area contributed by atoms with E-state index in [0.29, 0.717) is 37.1 Å². The third-order valence-electron chi connectivity index (χ3n) is 12.1. The Balaban J connectivity index is 1.23. The van der Waals surface area contributed by atoms with Crippen molar-refractivity contribution in [3.05, 3.63) is 107 Å². The molecule has 4 aliphatic rings. The van der Waals surface area contributed by atoms with Crippen LogP contribution >= 0.6 is 11.6 Å². The number of fused-ring (bicyclic) bond motifs is 4. The molecule has 2 aromatic carbocycles. The molecule has 1 spiro atoms. The first-order valence-corrected chi connectivity index (χ1v) is 21.8. The minimum Gasteiger partial charge on any atom is -0.490 e. The van der Waals surface area contributed by atoms with Crippen LogP contribution in [0, 0.1) is 17.8 Å². The summed E-state index contributed by atoms with van der Waals surface area (Å²) in [5.41, 5.74) is 3.22. The molecule has 13 nitrogen and oxygen atoms in total. The first-order valence-electron chi connectivity index (χ1n) is 19.7. The van der Waals surface area contributed by atoms with Crippen molar-refractivity contribution in [2.75, 3.05) is 44.6 Å². The van der Waals surface area contributed by atoms with E-state index in [1.807, 2.05) is 25.1 Å². The van der Waals surface area contributed by atoms with E-state index in [1.165, 1.54) is 29.1 Å². The number of nitrogens with zero attached hydrogens (tertiary/aromatic N) is 5. The van der Waals surface area contributed by atoms with E-state index in [-0.39, 0.29) is 40.2 Å². The van der Waals surface area contributed by atoms with Crippen LogP contribution in [0.15, 0.2) is 83.6 Å². The second kappa shape index (κ2) is 16.4. The molecular weight excluding hydrogens is 780 g/mol. The van der Waals surface area contributed by atoms with Gasteiger partial charge in [-0.15, -0.1) is 9.46 Å². The Morgan fingerprint density at radius 2 is 1.88 bits per heavy atom. The third-order valence-corrected chi connectivity index (χ3v) is 14.3. The zero-order valence-corrected chi connectivity index (χ0v) is 34.7. The molecule has 2 bridgehead atoms. The van der Waals surface area contributed by atoms with Gasteiger partial charge in [0.15, 0.2) is 0 Å². The predicted molar refractivity (Wildman–Crippen MR) is 221 cm³/mol. The molecular formula is C43H49ClN6O7S. The Hall–Kier alpha value is -4.92. The van der Waals surface area contributed by atoms with Gasteiger partial charge in [0, 0.05) is 67.8 Å². The normalized spacial score (nSPS) is 28.7. The molecule has 2 aliphatic carbocycles. The van der Waals surface area contributed by atoms with Crippen LogP contribution in [0.3, 0.4) is 0 Å². The van der Waals surface area contributed by atoms with Gasteiger partial charge in [-0.05, 0) is 104 Å². The molecule has 1 saturated carbocycles. The number of hydrogen-bond donors (Lipinski definition) is 1. The van der Waals surface area contributed by atoms with Crippen molar-refractivity contribution in [2.24, 2.45) is 29.2 Å². The summed E-state index contributed by atoms with van der Waals surface area (Å²) in [7, 11) is 0.951. The number of hydrogen-bond acceptors (Lipinski definition) is 10. The van der Waals surface area contributed by atoms with Crippen molar-refractivity contribution in [2.45, 2.75) is 56.7 Å². The molecule has 1 fully saturated rings. The van der Waals surface area contributed by atoms with Crippen molar-refractivity contribution < 1.29 is 32.7 Å². The average Bonchev–Trinajstić information content (AvgIpc) is 3.52. The lowest BCUT2D eigenvalue weighted by atomic mass is 9.68. The molecule has 0 saturated heterocycles. The van der Waals surface area contributed by atoms with Gasteiger partial charge in [-0.3, -0.25) is 24.0 Å². The zero-order chi connectivity index (χ0) is 40.6. The molecule has 0 unspecified atom stereocenters. The van der Waals surface area contributed by atoms with Gasteiger partial charge >= 0.3 is 0 Å². The van der Waals surface area contributed by atoms with Crippen LogP contribution < -0.4 is 23.8 Å². The second-order valence-corrected chi connectivity index (χ2v) is 18.4. The van der Waals surface area contributed by atoms with E-state index in [4.69, 9.17) is 30.5 Å². The van der Waals surface area contributed by atoms with E-state index in [9.17, 15) is 9.59 Å². The van der Waals surface area contributed by atoms with Crippen LogP contribution in [0.4, 0.5) is 5.69 Å². The summed E-state index contributed by atoms with van der Waals surface area (Å²) in [6, 6.07) is 14.9. The summed E-state index contributed by atoms with van der Waals surface area (Å²) in [6.45, 7) is 3.70. The Labute approximate surface area is 344 Å². The number of rotatable bonds is 6. The minimum absolute atomic E-state index is 0.0459. The molecule has 7 atom stereocenters. The SMILES string of the molecule is COc1nn(C)cc1C(=O)N[S@@]1(=O)=NC(=O)c2ccc3c(c2)N(C[C@@H]2CC[C@H]2[C@@H](OC)/C=C/[C@H](Oc2ccncc2)[C@H](C)C1)C[C@@]1(CCCc2cc(Cl)ccc21)CO3. The van der Waals surface area contributed by atoms with Gasteiger partial charge < -0.3 is 23.8 Å². The van der Waals surface area contributed by atoms with Crippen LogP contribution in [0.5, 0.6) is 17.4 Å². The van der Waals surface area contributed by atoms with Gasteiger partial charge in [0.2, 0.25) is 5.88 Å². The number of aryl methyl sites for hydroxylation is 2. The number of nitrogens with one attached hydrogen (secondary N) is 1. The van der Waals surface area contributed by atoms with Crippen molar-refractivity contribution >= 4 is 39.0 Å². The van der Waals surface area contributed by atoms with E-state index in [0.717, 1.165) is 42.8 Å². The van der Waals surface area contributed by atoms with Gasteiger partial charge in [-0.25, -0.2) is 4.21 Å². The fourth-order valence-electron chi connectivity index (χ4n) is 9.03. The first kappa shape index (κ1) is 39.9. The van der Waals surface area contributed by atoms with E-state index in [1.54, 1.807) is 56.9 Å². The number of amides is 2. The van der Waals surface area contributed by atoms with Crippen LogP contribution in [0.25, 0.3) is 0 Å². The third kappa shape index (κ3) is 8.06. The largest absolute Gasteiger partial charge is 0.490 e. The summed E-state index contributed by atoms with van der Waals surface area (Å²) in [5, 5.41) is 4.90. The number of ether oxygens (including phenoxy) is 4. The highest BCUT2D eigenvalue weighted by Gasteiger charge is 2.44. The smallest absolute Gasteiger partial charge is 0.286 e. The lowest BCUT2D eigenvalue weighted by Crippen LogP contribution is -2.49. The second-order valence-electron chi connectivity index (χ2n) is 16.0. The fourth-order valence-corrected chi connectivity index (χ4v) is 11.1. The molecule has 8 rings (SSSR count). The van der Waals surface area contributed by atoms with Crippen molar-refractivity contribution in [1.29, 1.82) is 0 Å². The topological polar surface area (TPSA) is 146 Å². The Morgan fingerprint density at radius 3 is 2.64 bits per heavy atom. The number of carbonyl (C=O) groups is 2. The van der Waals surface area contributed by atoms with Gasteiger partial charge in [0.25, 0.3) is 11.8 Å². The van der Waals surface area contributed by atoms with Crippen LogP contribution in [0.1, 0.15) is 64.4 Å². The van der Waals surface area contributed by atoms with Crippen LogP contribution in [0.2, 0.25) is 5.02 Å². The van der Waals surface area contributed by atoms with Gasteiger partial charge in [0.05, 0.1) is 31.3 Å². The first-order chi connectivity index (χ1) is 28.0. The Kier molecular flexibility index (Phi) is 11.3. The molecule has 2 amide bonds. The minimum atomic E-state index is -3.81. The average molecular weight is 829 g/mol. The molecule has 15 heteroatoms. The number of aromatic nitrogens is 3. The highest BCUT2D eigenvalue weighted by molar-refractivity contribution is 7.92. The summed E-state index contributed by atoms with van der Waals surface area (Å²) in [4.78, 5) is 34.7. The lowest BCUT2D eigenvalue weighted by Gasteiger charge is -2.46. The van der Waals surface area contributed by atoms with Crippen molar-refractivity contribution in [1.82, 2.24) is 19.5 Å². The van der Waals surface area contributed by atoms with Gasteiger partial charge in [0.1, 0.15) is 33.1 Å². The predicted octanol–water partition coefficient (Wildman–Crippen LogP) is 6.60. The molecule has 4 aromatic rings. The molecule has 58 heavy (non-hydrogen) atoms. The van der Waals surface area contributed by atoms with Crippen molar-refractivity contribution in [3.8, 4) is 17.4 Å². The molecule has 4 heterocycles. The number of carbonyl (C=O) groups excluding carboxylic acids is 2. The number of methoxy groups -OCH3 is 2. The van der Waals surface area contributed by atoms with Gasteiger partial charge in [-0.2, -0.15) is 0 Å². The fraction of sp³-hybridized carbons (Fsp3) is 0.442. The summed E-state index contributed by atoms with van der Waals surface area (Å²) < 4.78 is 48.2. The number of anilines is 1. The quantitative estimate of drug-likeness (QED) is 0.211. The van der Waals surface area contributed by atoms with Gasteiger partial charge in [-0.1, -0.05) is 30.7 Å². The van der Waals surface area contributed by atoms with E-state index >= 15 is 4.21 Å². The standard InChI is InChI=1S/C43H49ClN6O7S/c1-27-24-58(53,48-41(52)34-23-49(2)46-42(34)55-4)47-40(51)29-8-12-39-36(21-29)50(25-43(26-56-39)17-5-6-28-20-31(44)9-11-35(28)43)22-30-7-10-33(30)38(54-3)14-13-37(27)57-32-15-18-45-19-16-32/h8-9,11-16,18-21,23,27,30,33,37-38H,5-7,10,17,22,24-26H2,1-4H3,(H,47,48,51,52,53)/b14-13+/t27-,30+,33-,37+,38+,43+,58+/m1/s1. The lowest BCUT2D eigenvalue weighted by molar-refractivity contribution is 0.0126. The molecule has 1 N–H and O–H groups in total. The summed E-state index contributed by atoms with van der Waals surface area (Å²) in [5.74, 6) is -0.445. The van der Waals surface area contributed by atoms with Crippen molar-refractivity contribution in [3.63, 3.8) is 0 Å². The maximum absolute atomic E-state index is 15.1. The number of halogens is 1. The highest BCUT2D eigenvalue weighted by Crippen LogP contribution is 2.47. The molecule has 0 radical (unpaired) electrons. The number of pyridine rings is 1. The maximum Gasteiger partial charge on any atom is 0.286 e.